The molecule has 39 heavy (non-hydrogen) atoms. The normalized spacial score (nSPS) is 22.4. The summed E-state index contributed by atoms with van der Waals surface area (Å²) in [5.41, 5.74) is 3.13. The smallest absolute Gasteiger partial charge is 0.344 e. The first kappa shape index (κ1) is 29.1. The van der Waals surface area contributed by atoms with Crippen LogP contribution in [0.4, 0.5) is 0 Å². The van der Waals surface area contributed by atoms with Crippen molar-refractivity contribution in [2.45, 2.75) is 83.5 Å². The number of ether oxygens (including phenoxy) is 3. The number of aliphatic hydroxyl groups is 2. The summed E-state index contributed by atoms with van der Waals surface area (Å²) in [5, 5.41) is 21.3. The van der Waals surface area contributed by atoms with Crippen LogP contribution in [0.3, 0.4) is 0 Å². The molecule has 2 aliphatic rings. The van der Waals surface area contributed by atoms with Gasteiger partial charge in [-0.05, 0) is 79.0 Å². The third-order valence-electron chi connectivity index (χ3n) is 8.26. The van der Waals surface area contributed by atoms with Crippen LogP contribution in [0, 0.1) is 17.8 Å². The van der Waals surface area contributed by atoms with E-state index in [1.165, 1.54) is 5.56 Å². The zero-order chi connectivity index (χ0) is 27.6. The lowest BCUT2D eigenvalue weighted by molar-refractivity contribution is -0.160. The number of carbonyl (C=O) groups excluding carboxylic acids is 2. The SMILES string of the molecule is CCCCC[C@H](O)CC[C@@H]1[C@H]2Cc3cccc(OCC(=O)OCC(=O)OCc4ccccc4)c3C[C@H]2C[C@H]1O. The van der Waals surface area contributed by atoms with Crippen molar-refractivity contribution < 1.29 is 34.0 Å². The van der Waals surface area contributed by atoms with Gasteiger partial charge in [0.2, 0.25) is 0 Å². The van der Waals surface area contributed by atoms with Crippen LogP contribution in [0.25, 0.3) is 0 Å². The molecule has 0 aromatic heterocycles. The topological polar surface area (TPSA) is 102 Å². The molecule has 0 unspecified atom stereocenters. The quantitative estimate of drug-likeness (QED) is 0.263. The minimum atomic E-state index is -0.633. The lowest BCUT2D eigenvalue weighted by Crippen LogP contribution is -2.28. The molecule has 0 saturated heterocycles. The van der Waals surface area contributed by atoms with Gasteiger partial charge in [0.15, 0.2) is 13.2 Å². The number of rotatable bonds is 14. The van der Waals surface area contributed by atoms with E-state index in [2.05, 4.69) is 13.0 Å². The van der Waals surface area contributed by atoms with Crippen LogP contribution < -0.4 is 4.74 Å². The summed E-state index contributed by atoms with van der Waals surface area (Å²) in [6.07, 6.45) is 7.55. The molecule has 2 N–H and O–H groups in total. The molecule has 0 aliphatic heterocycles. The Morgan fingerprint density at radius 1 is 0.949 bits per heavy atom. The first-order valence-corrected chi connectivity index (χ1v) is 14.4. The molecule has 2 aromatic rings. The third-order valence-corrected chi connectivity index (χ3v) is 8.26. The lowest BCUT2D eigenvalue weighted by Gasteiger charge is -2.32. The minimum Gasteiger partial charge on any atom is -0.482 e. The number of hydrogen-bond acceptors (Lipinski definition) is 7. The molecule has 0 amide bonds. The monoisotopic (exact) mass is 538 g/mol. The van der Waals surface area contributed by atoms with Crippen molar-refractivity contribution in [2.24, 2.45) is 17.8 Å². The number of esters is 2. The number of benzene rings is 2. The molecule has 7 heteroatoms. The standard InChI is InChI=1S/C32H42O7/c1-2-3-5-12-25(33)14-15-26-27-16-23-11-8-13-30(28(23)17-24(27)18-29(26)34)37-20-31(35)39-21-32(36)38-19-22-9-6-4-7-10-22/h4,6-11,13,24-27,29,33-34H,2-3,5,12,14-21H2,1H3/t24-,25-,26+,27-,29+/m0/s1. The van der Waals surface area contributed by atoms with Crippen LogP contribution in [0.15, 0.2) is 48.5 Å². The van der Waals surface area contributed by atoms with E-state index in [1.807, 2.05) is 42.5 Å². The van der Waals surface area contributed by atoms with Gasteiger partial charge in [0.25, 0.3) is 0 Å². The summed E-state index contributed by atoms with van der Waals surface area (Å²) in [6, 6.07) is 15.2. The Hall–Kier alpha value is -2.90. The van der Waals surface area contributed by atoms with Crippen molar-refractivity contribution in [3.05, 3.63) is 65.2 Å². The Morgan fingerprint density at radius 2 is 1.74 bits per heavy atom. The number of hydrogen-bond donors (Lipinski definition) is 2. The maximum Gasteiger partial charge on any atom is 0.344 e. The molecule has 2 aliphatic carbocycles. The Labute approximate surface area is 231 Å². The molecule has 0 radical (unpaired) electrons. The lowest BCUT2D eigenvalue weighted by atomic mass is 9.73. The van der Waals surface area contributed by atoms with Crippen LogP contribution in [0.2, 0.25) is 0 Å². The molecule has 212 valence electrons. The largest absolute Gasteiger partial charge is 0.482 e. The molecule has 0 heterocycles. The molecular weight excluding hydrogens is 496 g/mol. The van der Waals surface area contributed by atoms with E-state index in [4.69, 9.17) is 14.2 Å². The molecule has 2 aromatic carbocycles. The van der Waals surface area contributed by atoms with Gasteiger partial charge in [0.05, 0.1) is 12.2 Å². The third kappa shape index (κ3) is 8.29. The maximum atomic E-state index is 12.2. The van der Waals surface area contributed by atoms with Crippen LogP contribution in [-0.4, -0.2) is 47.6 Å². The molecule has 0 bridgehead atoms. The molecule has 5 atom stereocenters. The number of unbranched alkanes of at least 4 members (excludes halogenated alkanes) is 2. The molecule has 1 fully saturated rings. The van der Waals surface area contributed by atoms with Crippen molar-refractivity contribution in [2.75, 3.05) is 13.2 Å². The van der Waals surface area contributed by atoms with Crippen molar-refractivity contribution in [3.8, 4) is 5.75 Å². The average molecular weight is 539 g/mol. The predicted octanol–water partition coefficient (Wildman–Crippen LogP) is 4.79. The van der Waals surface area contributed by atoms with Crippen LogP contribution in [0.5, 0.6) is 5.75 Å². The highest BCUT2D eigenvalue weighted by Gasteiger charge is 2.44. The molecule has 7 nitrogen and oxygen atoms in total. The second kappa shape index (κ2) is 14.5. The van der Waals surface area contributed by atoms with Crippen LogP contribution in [-0.2, 0) is 38.5 Å². The maximum absolute atomic E-state index is 12.2. The fraction of sp³-hybridized carbons (Fsp3) is 0.562. The van der Waals surface area contributed by atoms with Crippen molar-refractivity contribution >= 4 is 11.9 Å². The van der Waals surface area contributed by atoms with E-state index in [0.717, 1.165) is 68.9 Å². The zero-order valence-corrected chi connectivity index (χ0v) is 22.9. The number of carbonyl (C=O) groups is 2. The van der Waals surface area contributed by atoms with E-state index in [1.54, 1.807) is 0 Å². The van der Waals surface area contributed by atoms with Crippen LogP contribution >= 0.6 is 0 Å². The minimum absolute atomic E-state index is 0.126. The highest BCUT2D eigenvalue weighted by Crippen LogP contribution is 2.48. The van der Waals surface area contributed by atoms with E-state index in [9.17, 15) is 19.8 Å². The van der Waals surface area contributed by atoms with Gasteiger partial charge in [-0.25, -0.2) is 9.59 Å². The first-order chi connectivity index (χ1) is 18.9. The number of fused-ring (bicyclic) bond motifs is 2. The second-order valence-corrected chi connectivity index (χ2v) is 11.0. The van der Waals surface area contributed by atoms with Gasteiger partial charge in [-0.2, -0.15) is 0 Å². The van der Waals surface area contributed by atoms with E-state index < -0.39 is 18.5 Å². The van der Waals surface area contributed by atoms with E-state index >= 15 is 0 Å². The van der Waals surface area contributed by atoms with E-state index in [-0.39, 0.29) is 31.3 Å². The fourth-order valence-corrected chi connectivity index (χ4v) is 6.20. The van der Waals surface area contributed by atoms with Crippen LogP contribution in [0.1, 0.15) is 68.6 Å². The molecule has 0 spiro atoms. The van der Waals surface area contributed by atoms with Crippen molar-refractivity contribution in [1.82, 2.24) is 0 Å². The van der Waals surface area contributed by atoms with E-state index in [0.29, 0.717) is 17.6 Å². The fourth-order valence-electron chi connectivity index (χ4n) is 6.20. The van der Waals surface area contributed by atoms with Gasteiger partial charge in [0.1, 0.15) is 12.4 Å². The Kier molecular flexibility index (Phi) is 10.8. The summed E-state index contributed by atoms with van der Waals surface area (Å²) in [4.78, 5) is 24.1. The second-order valence-electron chi connectivity index (χ2n) is 11.0. The number of aliphatic hydroxyl groups excluding tert-OH is 2. The summed E-state index contributed by atoms with van der Waals surface area (Å²) >= 11 is 0. The van der Waals surface area contributed by atoms with Gasteiger partial charge in [-0.3, -0.25) is 0 Å². The predicted molar refractivity (Wildman–Crippen MR) is 147 cm³/mol. The van der Waals surface area contributed by atoms with Crippen molar-refractivity contribution in [1.29, 1.82) is 0 Å². The summed E-state index contributed by atoms with van der Waals surface area (Å²) < 4.78 is 16.0. The van der Waals surface area contributed by atoms with Gasteiger partial charge in [-0.15, -0.1) is 0 Å². The van der Waals surface area contributed by atoms with Crippen molar-refractivity contribution in [3.63, 3.8) is 0 Å². The summed E-state index contributed by atoms with van der Waals surface area (Å²) in [7, 11) is 0. The molecule has 4 rings (SSSR count). The van der Waals surface area contributed by atoms with Gasteiger partial charge >= 0.3 is 11.9 Å². The Morgan fingerprint density at radius 3 is 2.54 bits per heavy atom. The summed E-state index contributed by atoms with van der Waals surface area (Å²) in [5.74, 6) is 0.345. The van der Waals surface area contributed by atoms with Gasteiger partial charge < -0.3 is 24.4 Å². The highest BCUT2D eigenvalue weighted by molar-refractivity contribution is 5.77. The Bertz CT molecular complexity index is 1070. The van der Waals surface area contributed by atoms with Gasteiger partial charge in [0, 0.05) is 0 Å². The zero-order valence-electron chi connectivity index (χ0n) is 22.9. The van der Waals surface area contributed by atoms with Gasteiger partial charge in [-0.1, -0.05) is 68.7 Å². The highest BCUT2D eigenvalue weighted by atomic mass is 16.6. The average Bonchev–Trinajstić information content (AvgIpc) is 3.25. The first-order valence-electron chi connectivity index (χ1n) is 14.4. The molecule has 1 saturated carbocycles. The Balaban J connectivity index is 1.24. The molecular formula is C32H42O7. The summed E-state index contributed by atoms with van der Waals surface area (Å²) in [6.45, 7) is 1.54.